The number of rotatable bonds is 3. The van der Waals surface area contributed by atoms with Crippen LogP contribution in [0.15, 0.2) is 35.1 Å². The van der Waals surface area contributed by atoms with Crippen LogP contribution in [-0.4, -0.2) is 57.8 Å². The first-order valence-electron chi connectivity index (χ1n) is 6.65. The zero-order chi connectivity index (χ0) is 15.5. The lowest BCUT2D eigenvalue weighted by molar-refractivity contribution is -0.147. The third-order valence-corrected chi connectivity index (χ3v) is 3.35. The normalized spacial score (nSPS) is 18.2. The summed E-state index contributed by atoms with van der Waals surface area (Å²) in [5.41, 5.74) is 0.748. The summed E-state index contributed by atoms with van der Waals surface area (Å²) in [6, 6.07) is 3.98. The van der Waals surface area contributed by atoms with Gasteiger partial charge in [0.15, 0.2) is 17.5 Å². The largest absolute Gasteiger partial charge is 0.480 e. The van der Waals surface area contributed by atoms with Gasteiger partial charge in [-0.15, -0.1) is 0 Å². The van der Waals surface area contributed by atoms with Crippen molar-refractivity contribution < 1.29 is 24.0 Å². The Bertz CT molecular complexity index is 685. The van der Waals surface area contributed by atoms with E-state index in [0.29, 0.717) is 17.9 Å². The molecule has 1 aliphatic heterocycles. The summed E-state index contributed by atoms with van der Waals surface area (Å²) >= 11 is 0. The smallest absolute Gasteiger partial charge is 0.328 e. The van der Waals surface area contributed by atoms with E-state index in [-0.39, 0.29) is 18.8 Å². The molecule has 1 aliphatic rings. The molecule has 114 valence electrons. The maximum atomic E-state index is 12.4. The zero-order valence-corrected chi connectivity index (χ0v) is 11.5. The highest BCUT2D eigenvalue weighted by Crippen LogP contribution is 2.20. The number of ether oxygens (including phenoxy) is 1. The molecule has 3 heterocycles. The van der Waals surface area contributed by atoms with Crippen molar-refractivity contribution in [2.45, 2.75) is 6.04 Å². The summed E-state index contributed by atoms with van der Waals surface area (Å²) in [6.45, 7) is 0.460. The van der Waals surface area contributed by atoms with Gasteiger partial charge < -0.3 is 19.3 Å². The van der Waals surface area contributed by atoms with Gasteiger partial charge in [-0.2, -0.15) is 0 Å². The predicted octanol–water partition coefficient (Wildman–Crippen LogP) is 0.662. The van der Waals surface area contributed by atoms with E-state index < -0.39 is 17.9 Å². The summed E-state index contributed by atoms with van der Waals surface area (Å²) in [5, 5.41) is 12.9. The zero-order valence-electron chi connectivity index (χ0n) is 11.5. The molecule has 0 unspecified atom stereocenters. The standard InChI is InChI=1S/C14H13N3O5/c18-13(17-4-5-21-8-11(17)14(19)20)10-6-12(22-16-10)9-2-1-3-15-7-9/h1-3,6-7,11H,4-5,8H2,(H,19,20)/t11-/m0/s1. The lowest BCUT2D eigenvalue weighted by atomic mass is 10.2. The first-order chi connectivity index (χ1) is 10.7. The van der Waals surface area contributed by atoms with Crippen molar-refractivity contribution in [1.29, 1.82) is 0 Å². The number of carboxylic acids is 1. The average molecular weight is 303 g/mol. The van der Waals surface area contributed by atoms with Crippen LogP contribution in [-0.2, 0) is 9.53 Å². The summed E-state index contributed by atoms with van der Waals surface area (Å²) in [7, 11) is 0. The van der Waals surface area contributed by atoms with Crippen LogP contribution in [0.1, 0.15) is 10.5 Å². The number of hydrogen-bond acceptors (Lipinski definition) is 6. The second-order valence-corrected chi connectivity index (χ2v) is 4.75. The molecule has 8 nitrogen and oxygen atoms in total. The number of hydrogen-bond donors (Lipinski definition) is 1. The molecule has 0 radical (unpaired) electrons. The van der Waals surface area contributed by atoms with Crippen molar-refractivity contribution in [2.75, 3.05) is 19.8 Å². The SMILES string of the molecule is O=C(O)[C@@H]1COCCN1C(=O)c1cc(-c2cccnc2)on1. The van der Waals surface area contributed by atoms with E-state index in [1.165, 1.54) is 11.0 Å². The quantitative estimate of drug-likeness (QED) is 0.887. The third kappa shape index (κ3) is 2.68. The molecule has 1 saturated heterocycles. The Morgan fingerprint density at radius 1 is 1.41 bits per heavy atom. The monoisotopic (exact) mass is 303 g/mol. The number of carbonyl (C=O) groups is 2. The fraction of sp³-hybridized carbons (Fsp3) is 0.286. The van der Waals surface area contributed by atoms with Crippen molar-refractivity contribution in [2.24, 2.45) is 0 Å². The Morgan fingerprint density at radius 3 is 3.00 bits per heavy atom. The van der Waals surface area contributed by atoms with Gasteiger partial charge in [0.05, 0.1) is 13.2 Å². The second-order valence-electron chi connectivity index (χ2n) is 4.75. The van der Waals surface area contributed by atoms with Gasteiger partial charge in [0.1, 0.15) is 0 Å². The van der Waals surface area contributed by atoms with Gasteiger partial charge in [-0.25, -0.2) is 4.79 Å². The number of aromatic nitrogens is 2. The molecule has 22 heavy (non-hydrogen) atoms. The molecule has 0 aliphatic carbocycles. The van der Waals surface area contributed by atoms with Gasteiger partial charge in [0.2, 0.25) is 0 Å². The van der Waals surface area contributed by atoms with Gasteiger partial charge >= 0.3 is 5.97 Å². The Balaban J connectivity index is 1.83. The molecule has 1 amide bonds. The molecular formula is C14H13N3O5. The average Bonchev–Trinajstić information content (AvgIpc) is 3.05. The fourth-order valence-corrected chi connectivity index (χ4v) is 2.22. The van der Waals surface area contributed by atoms with Crippen LogP contribution < -0.4 is 0 Å². The van der Waals surface area contributed by atoms with Gasteiger partial charge in [-0.1, -0.05) is 5.16 Å². The molecular weight excluding hydrogens is 290 g/mol. The number of pyridine rings is 1. The van der Waals surface area contributed by atoms with Gasteiger partial charge in [0.25, 0.3) is 5.91 Å². The minimum absolute atomic E-state index is 0.0333. The second kappa shape index (κ2) is 5.94. The molecule has 0 saturated carbocycles. The molecule has 0 aromatic carbocycles. The van der Waals surface area contributed by atoms with Crippen molar-refractivity contribution in [3.05, 3.63) is 36.3 Å². The van der Waals surface area contributed by atoms with E-state index in [0.717, 1.165) is 0 Å². The maximum absolute atomic E-state index is 12.4. The first-order valence-corrected chi connectivity index (χ1v) is 6.65. The highest BCUT2D eigenvalue weighted by Gasteiger charge is 2.34. The van der Waals surface area contributed by atoms with Crippen LogP contribution in [0.3, 0.4) is 0 Å². The summed E-state index contributed by atoms with van der Waals surface area (Å²) in [4.78, 5) is 28.8. The summed E-state index contributed by atoms with van der Waals surface area (Å²) in [6.07, 6.45) is 3.21. The minimum atomic E-state index is -1.11. The maximum Gasteiger partial charge on any atom is 0.328 e. The van der Waals surface area contributed by atoms with Crippen LogP contribution in [0, 0.1) is 0 Å². The van der Waals surface area contributed by atoms with E-state index in [2.05, 4.69) is 10.1 Å². The molecule has 2 aromatic rings. The van der Waals surface area contributed by atoms with E-state index in [4.69, 9.17) is 14.4 Å². The topological polar surface area (TPSA) is 106 Å². The molecule has 0 bridgehead atoms. The molecule has 2 aromatic heterocycles. The Kier molecular flexibility index (Phi) is 3.84. The van der Waals surface area contributed by atoms with Crippen molar-refractivity contribution in [3.63, 3.8) is 0 Å². The number of nitrogens with zero attached hydrogens (tertiary/aromatic N) is 3. The summed E-state index contributed by atoms with van der Waals surface area (Å²) < 4.78 is 10.2. The number of amides is 1. The minimum Gasteiger partial charge on any atom is -0.480 e. The lowest BCUT2D eigenvalue weighted by Gasteiger charge is -2.32. The highest BCUT2D eigenvalue weighted by atomic mass is 16.5. The molecule has 3 rings (SSSR count). The molecule has 8 heteroatoms. The number of aliphatic carboxylic acids is 1. The lowest BCUT2D eigenvalue weighted by Crippen LogP contribution is -2.52. The molecule has 1 fully saturated rings. The number of morpholine rings is 1. The van der Waals surface area contributed by atoms with Gasteiger partial charge in [0, 0.05) is 30.6 Å². The van der Waals surface area contributed by atoms with E-state index >= 15 is 0 Å². The molecule has 0 spiro atoms. The number of carbonyl (C=O) groups excluding carboxylic acids is 1. The summed E-state index contributed by atoms with van der Waals surface area (Å²) in [5.74, 6) is -1.20. The van der Waals surface area contributed by atoms with E-state index in [9.17, 15) is 9.59 Å². The Morgan fingerprint density at radius 2 is 2.27 bits per heavy atom. The van der Waals surface area contributed by atoms with E-state index in [1.54, 1.807) is 24.5 Å². The van der Waals surface area contributed by atoms with Crippen LogP contribution in [0.25, 0.3) is 11.3 Å². The van der Waals surface area contributed by atoms with Crippen molar-refractivity contribution in [1.82, 2.24) is 15.0 Å². The fourth-order valence-electron chi connectivity index (χ4n) is 2.22. The van der Waals surface area contributed by atoms with Crippen LogP contribution >= 0.6 is 0 Å². The first kappa shape index (κ1) is 14.2. The molecule has 1 N–H and O–H groups in total. The van der Waals surface area contributed by atoms with Crippen LogP contribution in [0.2, 0.25) is 0 Å². The Labute approximate surface area is 125 Å². The third-order valence-electron chi connectivity index (χ3n) is 3.35. The van der Waals surface area contributed by atoms with Gasteiger partial charge in [-0.3, -0.25) is 9.78 Å². The Hall–Kier alpha value is -2.74. The van der Waals surface area contributed by atoms with Gasteiger partial charge in [-0.05, 0) is 12.1 Å². The van der Waals surface area contributed by atoms with Crippen molar-refractivity contribution >= 4 is 11.9 Å². The predicted molar refractivity (Wildman–Crippen MR) is 73.0 cm³/mol. The van der Waals surface area contributed by atoms with E-state index in [1.807, 2.05) is 0 Å². The van der Waals surface area contributed by atoms with Crippen LogP contribution in [0.5, 0.6) is 0 Å². The van der Waals surface area contributed by atoms with Crippen LogP contribution in [0.4, 0.5) is 0 Å². The highest BCUT2D eigenvalue weighted by molar-refractivity contribution is 5.95. The molecule has 1 atom stereocenters. The van der Waals surface area contributed by atoms with Crippen molar-refractivity contribution in [3.8, 4) is 11.3 Å². The number of carboxylic acid groups (broad SMARTS) is 1.